The second kappa shape index (κ2) is 12.6. The summed E-state index contributed by atoms with van der Waals surface area (Å²) in [6, 6.07) is 19.9. The molecule has 156 valence electrons. The molecule has 0 spiro atoms. The van der Waals surface area contributed by atoms with Gasteiger partial charge in [0.25, 0.3) is 0 Å². The molecule has 0 saturated carbocycles. The molecule has 0 aliphatic heterocycles. The lowest BCUT2D eigenvalue weighted by atomic mass is 9.82. The van der Waals surface area contributed by atoms with Gasteiger partial charge in [0, 0.05) is 9.79 Å². The van der Waals surface area contributed by atoms with Gasteiger partial charge < -0.3 is 9.47 Å². The Morgan fingerprint density at radius 3 is 1.45 bits per heavy atom. The van der Waals surface area contributed by atoms with E-state index in [1.54, 1.807) is 37.4 Å². The normalized spacial score (nSPS) is 11.1. The van der Waals surface area contributed by atoms with Crippen molar-refractivity contribution in [3.8, 4) is 0 Å². The van der Waals surface area contributed by atoms with Crippen molar-refractivity contribution in [3.05, 3.63) is 60.7 Å². The Morgan fingerprint density at radius 1 is 0.724 bits per heavy atom. The van der Waals surface area contributed by atoms with Crippen molar-refractivity contribution in [3.63, 3.8) is 0 Å². The summed E-state index contributed by atoms with van der Waals surface area (Å²) in [6.07, 6.45) is 0.749. The zero-order chi connectivity index (χ0) is 21.0. The minimum absolute atomic E-state index is 0.234. The van der Waals surface area contributed by atoms with E-state index >= 15 is 0 Å². The Balaban J connectivity index is 2.14. The van der Waals surface area contributed by atoms with E-state index in [-0.39, 0.29) is 13.2 Å². The third-order valence-corrected chi connectivity index (χ3v) is 6.44. The number of rotatable bonds is 12. The fourth-order valence-electron chi connectivity index (χ4n) is 2.87. The molecule has 29 heavy (non-hydrogen) atoms. The molecule has 0 amide bonds. The maximum absolute atomic E-state index is 12.9. The maximum Gasteiger partial charge on any atom is 0.323 e. The van der Waals surface area contributed by atoms with Gasteiger partial charge in [0.1, 0.15) is 0 Å². The van der Waals surface area contributed by atoms with E-state index in [1.165, 1.54) is 0 Å². The Morgan fingerprint density at radius 2 is 1.10 bits per heavy atom. The van der Waals surface area contributed by atoms with Crippen LogP contribution in [0.25, 0.3) is 0 Å². The lowest BCUT2D eigenvalue weighted by molar-refractivity contribution is -0.172. The first-order chi connectivity index (χ1) is 14.1. The SMILES string of the molecule is CCOC(=O)C(CCSc1ccccc1)(CCSc1ccccc1)C(=O)OCC. The molecule has 0 aliphatic rings. The zero-order valence-electron chi connectivity index (χ0n) is 17.0. The van der Waals surface area contributed by atoms with Gasteiger partial charge in [-0.15, -0.1) is 23.5 Å². The molecule has 0 unspecified atom stereocenters. The van der Waals surface area contributed by atoms with E-state index in [2.05, 4.69) is 0 Å². The van der Waals surface area contributed by atoms with Crippen molar-refractivity contribution in [1.82, 2.24) is 0 Å². The van der Waals surface area contributed by atoms with Gasteiger partial charge >= 0.3 is 11.9 Å². The van der Waals surface area contributed by atoms with Gasteiger partial charge in [-0.2, -0.15) is 0 Å². The summed E-state index contributed by atoms with van der Waals surface area (Å²) in [5.74, 6) is 0.275. The molecule has 6 heteroatoms. The van der Waals surface area contributed by atoms with Gasteiger partial charge in [-0.3, -0.25) is 9.59 Å². The molecule has 0 aliphatic carbocycles. The topological polar surface area (TPSA) is 52.6 Å². The van der Waals surface area contributed by atoms with Crippen LogP contribution in [0, 0.1) is 5.41 Å². The minimum atomic E-state index is -1.28. The van der Waals surface area contributed by atoms with Crippen LogP contribution in [0.15, 0.2) is 70.5 Å². The summed E-state index contributed by atoms with van der Waals surface area (Å²) in [5, 5.41) is 0. The number of benzene rings is 2. The van der Waals surface area contributed by atoms with Gasteiger partial charge in [0.2, 0.25) is 0 Å². The first-order valence-electron chi connectivity index (χ1n) is 9.82. The number of carbonyl (C=O) groups excluding carboxylic acids is 2. The lowest BCUT2D eigenvalue weighted by Gasteiger charge is -2.29. The molecular formula is C23H28O4S2. The summed E-state index contributed by atoms with van der Waals surface area (Å²) < 4.78 is 10.6. The highest BCUT2D eigenvalue weighted by Crippen LogP contribution is 2.36. The zero-order valence-corrected chi connectivity index (χ0v) is 18.6. The van der Waals surface area contributed by atoms with Crippen molar-refractivity contribution in [2.75, 3.05) is 24.7 Å². The Labute approximate surface area is 181 Å². The molecule has 0 heterocycles. The number of ether oxygens (including phenoxy) is 2. The number of hydrogen-bond donors (Lipinski definition) is 0. The van der Waals surface area contributed by atoms with Crippen molar-refractivity contribution >= 4 is 35.5 Å². The highest BCUT2D eigenvalue weighted by atomic mass is 32.2. The average Bonchev–Trinajstić information content (AvgIpc) is 2.74. The summed E-state index contributed by atoms with van der Waals surface area (Å²) in [5.41, 5.74) is -1.28. The van der Waals surface area contributed by atoms with Crippen LogP contribution in [0.4, 0.5) is 0 Å². The van der Waals surface area contributed by atoms with E-state index in [9.17, 15) is 9.59 Å². The highest BCUT2D eigenvalue weighted by molar-refractivity contribution is 7.99. The molecule has 2 rings (SSSR count). The minimum Gasteiger partial charge on any atom is -0.465 e. The van der Waals surface area contributed by atoms with Gasteiger partial charge in [0.05, 0.1) is 13.2 Å². The Kier molecular flexibility index (Phi) is 10.2. The van der Waals surface area contributed by atoms with Crippen molar-refractivity contribution in [2.24, 2.45) is 5.41 Å². The van der Waals surface area contributed by atoms with Gasteiger partial charge in [0.15, 0.2) is 5.41 Å². The Bertz CT molecular complexity index is 684. The summed E-state index contributed by atoms with van der Waals surface area (Å²) in [7, 11) is 0. The van der Waals surface area contributed by atoms with Gasteiger partial charge in [-0.25, -0.2) is 0 Å². The van der Waals surface area contributed by atoms with Gasteiger partial charge in [-0.1, -0.05) is 36.4 Å². The lowest BCUT2D eigenvalue weighted by Crippen LogP contribution is -2.43. The van der Waals surface area contributed by atoms with Crippen LogP contribution in [0.3, 0.4) is 0 Å². The molecule has 0 N–H and O–H groups in total. The van der Waals surface area contributed by atoms with Crippen LogP contribution in [0.5, 0.6) is 0 Å². The molecular weight excluding hydrogens is 404 g/mol. The number of carbonyl (C=O) groups is 2. The predicted molar refractivity (Wildman–Crippen MR) is 119 cm³/mol. The van der Waals surface area contributed by atoms with E-state index < -0.39 is 17.4 Å². The number of hydrogen-bond acceptors (Lipinski definition) is 6. The number of thioether (sulfide) groups is 2. The molecule has 0 bridgehead atoms. The van der Waals surface area contributed by atoms with E-state index in [4.69, 9.17) is 9.47 Å². The molecule has 0 radical (unpaired) electrons. The third-order valence-electron chi connectivity index (χ3n) is 4.41. The van der Waals surface area contributed by atoms with E-state index in [1.807, 2.05) is 60.7 Å². The predicted octanol–water partition coefficient (Wildman–Crippen LogP) is 5.46. The molecule has 0 atom stereocenters. The average molecular weight is 433 g/mol. The summed E-state index contributed by atoms with van der Waals surface area (Å²) >= 11 is 3.25. The third kappa shape index (κ3) is 7.12. The first-order valence-corrected chi connectivity index (χ1v) is 11.8. The monoisotopic (exact) mass is 432 g/mol. The fraction of sp³-hybridized carbons (Fsp3) is 0.391. The van der Waals surface area contributed by atoms with Gasteiger partial charge in [-0.05, 0) is 62.5 Å². The van der Waals surface area contributed by atoms with Crippen molar-refractivity contribution in [1.29, 1.82) is 0 Å². The maximum atomic E-state index is 12.9. The van der Waals surface area contributed by atoms with Crippen molar-refractivity contribution in [2.45, 2.75) is 36.5 Å². The fourth-order valence-corrected chi connectivity index (χ4v) is 4.95. The largest absolute Gasteiger partial charge is 0.465 e. The van der Waals surface area contributed by atoms with Crippen LogP contribution in [-0.2, 0) is 19.1 Å². The molecule has 2 aromatic carbocycles. The summed E-state index contributed by atoms with van der Waals surface area (Å²) in [6.45, 7) is 3.98. The standard InChI is InChI=1S/C23H28O4S2/c1-3-26-21(24)23(22(25)27-4-2,15-17-28-19-11-7-5-8-12-19)16-18-29-20-13-9-6-10-14-20/h5-14H,3-4,15-18H2,1-2H3. The van der Waals surface area contributed by atoms with Crippen LogP contribution in [0.1, 0.15) is 26.7 Å². The molecule has 2 aromatic rings. The van der Waals surface area contributed by atoms with E-state index in [0.717, 1.165) is 9.79 Å². The first kappa shape index (κ1) is 23.4. The second-order valence-electron chi connectivity index (χ2n) is 6.35. The number of esters is 2. The quantitative estimate of drug-likeness (QED) is 0.252. The highest BCUT2D eigenvalue weighted by Gasteiger charge is 2.48. The molecule has 0 saturated heterocycles. The second-order valence-corrected chi connectivity index (χ2v) is 8.68. The van der Waals surface area contributed by atoms with Crippen molar-refractivity contribution < 1.29 is 19.1 Å². The molecule has 0 fully saturated rings. The smallest absolute Gasteiger partial charge is 0.323 e. The van der Waals surface area contributed by atoms with E-state index in [0.29, 0.717) is 24.3 Å². The summed E-state index contributed by atoms with van der Waals surface area (Å²) in [4.78, 5) is 28.1. The van der Waals surface area contributed by atoms with Crippen LogP contribution >= 0.6 is 23.5 Å². The van der Waals surface area contributed by atoms with Crippen LogP contribution in [-0.4, -0.2) is 36.7 Å². The van der Waals surface area contributed by atoms with Crippen LogP contribution < -0.4 is 0 Å². The molecule has 0 aromatic heterocycles. The molecule has 4 nitrogen and oxygen atoms in total. The van der Waals surface area contributed by atoms with Crippen LogP contribution in [0.2, 0.25) is 0 Å². The Hall–Kier alpha value is -1.92.